The Bertz CT molecular complexity index is 372. The summed E-state index contributed by atoms with van der Waals surface area (Å²) in [5, 5.41) is 13.9. The normalized spacial score (nSPS) is 25.4. The van der Waals surface area contributed by atoms with Gasteiger partial charge in [-0.25, -0.2) is 0 Å². The van der Waals surface area contributed by atoms with Gasteiger partial charge in [0.15, 0.2) is 0 Å². The zero-order valence-corrected chi connectivity index (χ0v) is 11.3. The molecule has 4 heteroatoms. The van der Waals surface area contributed by atoms with Crippen LogP contribution in [0.15, 0.2) is 22.7 Å². The highest BCUT2D eigenvalue weighted by Gasteiger charge is 2.22. The fourth-order valence-corrected chi connectivity index (χ4v) is 2.51. The zero-order valence-electron chi connectivity index (χ0n) is 8.92. The molecule has 2 rings (SSSR count). The van der Waals surface area contributed by atoms with Crippen LogP contribution in [0.4, 0.5) is 5.69 Å². The summed E-state index contributed by atoms with van der Waals surface area (Å²) in [5.41, 5.74) is 0.971. The number of hydrogen-bond acceptors (Lipinski definition) is 2. The highest BCUT2D eigenvalue weighted by molar-refractivity contribution is 9.10. The standard InChI is InChI=1S/C12H15BrClNO/c13-9-6-5-8(7-10(9)14)15-11-3-1-2-4-12(11)16/h5-7,11-12,15-16H,1-4H2/t11-,12-/m0/s1. The van der Waals surface area contributed by atoms with Crippen molar-refractivity contribution in [2.24, 2.45) is 0 Å². The number of hydrogen-bond donors (Lipinski definition) is 2. The van der Waals surface area contributed by atoms with Gasteiger partial charge in [0.25, 0.3) is 0 Å². The first-order chi connectivity index (χ1) is 7.66. The number of aliphatic hydroxyl groups excluding tert-OH is 1. The monoisotopic (exact) mass is 303 g/mol. The van der Waals surface area contributed by atoms with Crippen molar-refractivity contribution in [2.45, 2.75) is 37.8 Å². The van der Waals surface area contributed by atoms with Gasteiger partial charge in [-0.2, -0.15) is 0 Å². The predicted octanol–water partition coefficient (Wildman–Crippen LogP) is 3.82. The largest absolute Gasteiger partial charge is 0.391 e. The number of rotatable bonds is 2. The third-order valence-electron chi connectivity index (χ3n) is 3.00. The van der Waals surface area contributed by atoms with Crippen molar-refractivity contribution >= 4 is 33.2 Å². The summed E-state index contributed by atoms with van der Waals surface area (Å²) in [6.45, 7) is 0. The van der Waals surface area contributed by atoms with E-state index in [2.05, 4.69) is 21.2 Å². The topological polar surface area (TPSA) is 32.3 Å². The van der Waals surface area contributed by atoms with Crippen LogP contribution in [0.5, 0.6) is 0 Å². The summed E-state index contributed by atoms with van der Waals surface area (Å²) in [4.78, 5) is 0. The van der Waals surface area contributed by atoms with Crippen LogP contribution in [0.25, 0.3) is 0 Å². The molecular formula is C12H15BrClNO. The first kappa shape index (κ1) is 12.2. The van der Waals surface area contributed by atoms with E-state index in [9.17, 15) is 5.11 Å². The lowest BCUT2D eigenvalue weighted by Crippen LogP contribution is -2.36. The molecule has 1 saturated carbocycles. The molecule has 1 aliphatic rings. The SMILES string of the molecule is O[C@H]1CCCC[C@@H]1Nc1ccc(Br)c(Cl)c1. The van der Waals surface area contributed by atoms with Crippen LogP contribution in [-0.4, -0.2) is 17.3 Å². The second kappa shape index (κ2) is 5.39. The Labute approximate surface area is 109 Å². The molecule has 2 N–H and O–H groups in total. The van der Waals surface area contributed by atoms with Gasteiger partial charge in [-0.15, -0.1) is 0 Å². The summed E-state index contributed by atoms with van der Waals surface area (Å²) in [6.07, 6.45) is 3.98. The molecule has 0 radical (unpaired) electrons. The highest BCUT2D eigenvalue weighted by atomic mass is 79.9. The quantitative estimate of drug-likeness (QED) is 0.870. The van der Waals surface area contributed by atoms with Crippen molar-refractivity contribution in [3.05, 3.63) is 27.7 Å². The number of benzene rings is 1. The number of anilines is 1. The van der Waals surface area contributed by atoms with Gasteiger partial charge in [0, 0.05) is 10.2 Å². The van der Waals surface area contributed by atoms with Gasteiger partial charge in [-0.1, -0.05) is 24.4 Å². The summed E-state index contributed by atoms with van der Waals surface area (Å²) in [6, 6.07) is 5.93. The molecule has 0 aromatic heterocycles. The second-order valence-electron chi connectivity index (χ2n) is 4.23. The average molecular weight is 305 g/mol. The minimum absolute atomic E-state index is 0.158. The minimum Gasteiger partial charge on any atom is -0.391 e. The first-order valence-electron chi connectivity index (χ1n) is 5.56. The smallest absolute Gasteiger partial charge is 0.0741 e. The molecule has 1 fully saturated rings. The van der Waals surface area contributed by atoms with Crippen molar-refractivity contribution in [2.75, 3.05) is 5.32 Å². The lowest BCUT2D eigenvalue weighted by atomic mass is 9.92. The molecule has 1 aromatic rings. The number of halogens is 2. The molecular weight excluding hydrogens is 289 g/mol. The summed E-state index contributed by atoms with van der Waals surface area (Å²) in [5.74, 6) is 0. The fraction of sp³-hybridized carbons (Fsp3) is 0.500. The molecule has 0 unspecified atom stereocenters. The third kappa shape index (κ3) is 2.90. The van der Waals surface area contributed by atoms with Crippen molar-refractivity contribution in [1.29, 1.82) is 0 Å². The molecule has 0 amide bonds. The molecule has 0 aliphatic heterocycles. The van der Waals surface area contributed by atoms with E-state index in [0.29, 0.717) is 5.02 Å². The molecule has 0 spiro atoms. The highest BCUT2D eigenvalue weighted by Crippen LogP contribution is 2.28. The Balaban J connectivity index is 2.05. The van der Waals surface area contributed by atoms with Crippen molar-refractivity contribution in [3.63, 3.8) is 0 Å². The van der Waals surface area contributed by atoms with Crippen LogP contribution in [0.2, 0.25) is 5.02 Å². The van der Waals surface area contributed by atoms with E-state index in [1.165, 1.54) is 6.42 Å². The van der Waals surface area contributed by atoms with E-state index in [-0.39, 0.29) is 12.1 Å². The van der Waals surface area contributed by atoms with E-state index < -0.39 is 0 Å². The maximum atomic E-state index is 9.85. The fourth-order valence-electron chi connectivity index (χ4n) is 2.08. The lowest BCUT2D eigenvalue weighted by Gasteiger charge is -2.29. The van der Waals surface area contributed by atoms with Crippen molar-refractivity contribution in [3.8, 4) is 0 Å². The molecule has 1 aliphatic carbocycles. The maximum Gasteiger partial charge on any atom is 0.0741 e. The Morgan fingerprint density at radius 2 is 2.06 bits per heavy atom. The average Bonchev–Trinajstić information content (AvgIpc) is 2.27. The predicted molar refractivity (Wildman–Crippen MR) is 71.0 cm³/mol. The minimum atomic E-state index is -0.240. The van der Waals surface area contributed by atoms with Gasteiger partial charge < -0.3 is 10.4 Å². The molecule has 2 nitrogen and oxygen atoms in total. The molecule has 2 atom stereocenters. The van der Waals surface area contributed by atoms with Crippen LogP contribution < -0.4 is 5.32 Å². The molecule has 88 valence electrons. The molecule has 0 bridgehead atoms. The first-order valence-corrected chi connectivity index (χ1v) is 6.73. The van der Waals surface area contributed by atoms with E-state index in [0.717, 1.165) is 29.4 Å². The van der Waals surface area contributed by atoms with Gasteiger partial charge in [-0.05, 0) is 47.0 Å². The van der Waals surface area contributed by atoms with Gasteiger partial charge in [-0.3, -0.25) is 0 Å². The van der Waals surface area contributed by atoms with E-state index in [1.54, 1.807) is 0 Å². The third-order valence-corrected chi connectivity index (χ3v) is 4.23. The van der Waals surface area contributed by atoms with E-state index in [1.807, 2.05) is 18.2 Å². The lowest BCUT2D eigenvalue weighted by molar-refractivity contribution is 0.116. The van der Waals surface area contributed by atoms with E-state index >= 15 is 0 Å². The van der Waals surface area contributed by atoms with Crippen LogP contribution in [0.1, 0.15) is 25.7 Å². The van der Waals surface area contributed by atoms with Crippen LogP contribution in [0.3, 0.4) is 0 Å². The summed E-state index contributed by atoms with van der Waals surface area (Å²) < 4.78 is 0.893. The van der Waals surface area contributed by atoms with Gasteiger partial charge in [0.05, 0.1) is 17.2 Å². The Hall–Kier alpha value is -0.250. The Morgan fingerprint density at radius 3 is 2.75 bits per heavy atom. The van der Waals surface area contributed by atoms with Gasteiger partial charge >= 0.3 is 0 Å². The number of nitrogens with one attached hydrogen (secondary N) is 1. The summed E-state index contributed by atoms with van der Waals surface area (Å²) >= 11 is 9.38. The Morgan fingerprint density at radius 1 is 1.31 bits per heavy atom. The molecule has 0 saturated heterocycles. The Kier molecular flexibility index (Phi) is 4.11. The van der Waals surface area contributed by atoms with E-state index in [4.69, 9.17) is 11.6 Å². The molecule has 16 heavy (non-hydrogen) atoms. The molecule has 0 heterocycles. The van der Waals surface area contributed by atoms with Crippen LogP contribution in [0, 0.1) is 0 Å². The van der Waals surface area contributed by atoms with Crippen LogP contribution in [-0.2, 0) is 0 Å². The summed E-state index contributed by atoms with van der Waals surface area (Å²) in [7, 11) is 0. The van der Waals surface area contributed by atoms with Crippen molar-refractivity contribution < 1.29 is 5.11 Å². The van der Waals surface area contributed by atoms with Crippen molar-refractivity contribution in [1.82, 2.24) is 0 Å². The zero-order chi connectivity index (χ0) is 11.5. The number of aliphatic hydroxyl groups is 1. The van der Waals surface area contributed by atoms with Gasteiger partial charge in [0.2, 0.25) is 0 Å². The maximum absolute atomic E-state index is 9.85. The second-order valence-corrected chi connectivity index (χ2v) is 5.49. The van der Waals surface area contributed by atoms with Gasteiger partial charge in [0.1, 0.15) is 0 Å². The molecule has 1 aromatic carbocycles. The van der Waals surface area contributed by atoms with Crippen LogP contribution >= 0.6 is 27.5 Å².